The fourth-order valence-electron chi connectivity index (χ4n) is 4.15. The van der Waals surface area contributed by atoms with E-state index in [9.17, 15) is 4.79 Å². The van der Waals surface area contributed by atoms with Gasteiger partial charge in [-0.15, -0.1) is 0 Å². The summed E-state index contributed by atoms with van der Waals surface area (Å²) in [5, 5.41) is 0. The van der Waals surface area contributed by atoms with E-state index in [0.29, 0.717) is 17.9 Å². The van der Waals surface area contributed by atoms with Crippen LogP contribution in [0.15, 0.2) is 29.7 Å². The van der Waals surface area contributed by atoms with Crippen LogP contribution in [-0.4, -0.2) is 37.1 Å². The third kappa shape index (κ3) is 3.47. The quantitative estimate of drug-likeness (QED) is 0.801. The fraction of sp³-hybridized carbons (Fsp3) is 0.650. The number of rotatable bonds is 6. The van der Waals surface area contributed by atoms with Crippen LogP contribution in [0.5, 0.6) is 0 Å². The molecule has 6 nitrogen and oxygen atoms in total. The summed E-state index contributed by atoms with van der Waals surface area (Å²) < 4.78 is 4.17. The molecule has 0 N–H and O–H groups in total. The zero-order chi connectivity index (χ0) is 17.5. The van der Waals surface area contributed by atoms with E-state index < -0.39 is 0 Å². The number of aromatic nitrogens is 4. The van der Waals surface area contributed by atoms with Crippen molar-refractivity contribution in [2.75, 3.05) is 13.1 Å². The Balaban J connectivity index is 1.16. The Labute approximate surface area is 153 Å². The number of hydrogen-bond acceptors (Lipinski definition) is 4. The molecule has 0 radical (unpaired) electrons. The van der Waals surface area contributed by atoms with Crippen LogP contribution < -0.4 is 5.56 Å². The van der Waals surface area contributed by atoms with E-state index in [2.05, 4.69) is 19.4 Å². The van der Waals surface area contributed by atoms with Gasteiger partial charge in [-0.05, 0) is 57.5 Å². The normalized spacial score (nSPS) is 22.0. The molecule has 26 heavy (non-hydrogen) atoms. The summed E-state index contributed by atoms with van der Waals surface area (Å²) in [5.74, 6) is 1.12. The van der Waals surface area contributed by atoms with Crippen LogP contribution in [0.4, 0.5) is 0 Å². The molecular formula is C20H27N5O. The lowest BCUT2D eigenvalue weighted by molar-refractivity contribution is 0.163. The summed E-state index contributed by atoms with van der Waals surface area (Å²) in [4.78, 5) is 23.7. The lowest BCUT2D eigenvalue weighted by Gasteiger charge is -2.32. The third-order valence-electron chi connectivity index (χ3n) is 6.13. The zero-order valence-electron chi connectivity index (χ0n) is 15.3. The lowest BCUT2D eigenvalue weighted by atomic mass is 9.96. The number of likely N-dealkylation sites (tertiary alicyclic amines) is 1. The molecular weight excluding hydrogens is 326 g/mol. The second-order valence-corrected chi connectivity index (χ2v) is 8.32. The van der Waals surface area contributed by atoms with Gasteiger partial charge in [0.25, 0.3) is 5.56 Å². The van der Waals surface area contributed by atoms with Crippen LogP contribution in [-0.2, 0) is 13.1 Å². The summed E-state index contributed by atoms with van der Waals surface area (Å²) in [6.07, 6.45) is 13.1. The van der Waals surface area contributed by atoms with Gasteiger partial charge in [-0.1, -0.05) is 0 Å². The van der Waals surface area contributed by atoms with Crippen molar-refractivity contribution in [3.05, 3.63) is 46.7 Å². The van der Waals surface area contributed by atoms with Crippen LogP contribution in [0.2, 0.25) is 0 Å². The third-order valence-corrected chi connectivity index (χ3v) is 6.13. The van der Waals surface area contributed by atoms with E-state index in [-0.39, 0.29) is 5.56 Å². The van der Waals surface area contributed by atoms with Gasteiger partial charge in [0, 0.05) is 37.3 Å². The largest absolute Gasteiger partial charge is 0.330 e. The van der Waals surface area contributed by atoms with Gasteiger partial charge in [0.15, 0.2) is 0 Å². The van der Waals surface area contributed by atoms with E-state index in [1.54, 1.807) is 12.4 Å². The summed E-state index contributed by atoms with van der Waals surface area (Å²) in [6, 6.07) is 2.45. The van der Waals surface area contributed by atoms with Gasteiger partial charge in [0.1, 0.15) is 0 Å². The Hall–Kier alpha value is -1.95. The number of imidazole rings is 1. The van der Waals surface area contributed by atoms with Crippen LogP contribution in [0.1, 0.15) is 61.9 Å². The Bertz CT molecular complexity index is 825. The fourth-order valence-corrected chi connectivity index (χ4v) is 4.15. The van der Waals surface area contributed by atoms with Crippen molar-refractivity contribution in [1.82, 2.24) is 24.0 Å². The molecule has 2 aromatic heterocycles. The SMILES string of the molecule is O=c1cc(C2CC2)ncn1CC1CCN(Cc2cncn2C2CC2)CC1. The molecule has 0 bridgehead atoms. The van der Waals surface area contributed by atoms with E-state index in [4.69, 9.17) is 0 Å². The van der Waals surface area contributed by atoms with E-state index in [0.717, 1.165) is 44.7 Å². The molecule has 6 heteroatoms. The standard InChI is InChI=1S/C20H27N5O/c26-20-9-19(16-1-2-16)22-14-24(20)11-15-5-7-23(8-6-15)12-18-10-21-13-25(18)17-3-4-17/h9-10,13-17H,1-8,11-12H2. The predicted octanol–water partition coefficient (Wildman–Crippen LogP) is 2.56. The van der Waals surface area contributed by atoms with Crippen molar-refractivity contribution < 1.29 is 0 Å². The molecule has 0 amide bonds. The molecule has 0 spiro atoms. The molecule has 0 atom stereocenters. The first-order chi connectivity index (χ1) is 12.8. The smallest absolute Gasteiger partial charge is 0.253 e. The Morgan fingerprint density at radius 3 is 2.54 bits per heavy atom. The molecule has 0 aromatic carbocycles. The molecule has 2 aromatic rings. The summed E-state index contributed by atoms with van der Waals surface area (Å²) in [5.41, 5.74) is 2.47. The van der Waals surface area contributed by atoms with Crippen LogP contribution in [0.3, 0.4) is 0 Å². The topological polar surface area (TPSA) is 56.0 Å². The van der Waals surface area contributed by atoms with Crippen molar-refractivity contribution in [2.45, 2.75) is 63.6 Å². The second kappa shape index (κ2) is 6.65. The molecule has 2 saturated carbocycles. The van der Waals surface area contributed by atoms with E-state index in [1.807, 2.05) is 17.1 Å². The molecule has 0 unspecified atom stereocenters. The Morgan fingerprint density at radius 1 is 1.04 bits per heavy atom. The predicted molar refractivity (Wildman–Crippen MR) is 99.0 cm³/mol. The van der Waals surface area contributed by atoms with Crippen LogP contribution >= 0.6 is 0 Å². The highest BCUT2D eigenvalue weighted by Gasteiger charge is 2.27. The molecule has 1 aliphatic heterocycles. The lowest BCUT2D eigenvalue weighted by Crippen LogP contribution is -2.36. The van der Waals surface area contributed by atoms with Gasteiger partial charge in [-0.25, -0.2) is 9.97 Å². The summed E-state index contributed by atoms with van der Waals surface area (Å²) in [7, 11) is 0. The van der Waals surface area contributed by atoms with Gasteiger partial charge in [-0.3, -0.25) is 14.3 Å². The highest BCUT2D eigenvalue weighted by molar-refractivity contribution is 5.12. The average molecular weight is 353 g/mol. The van der Waals surface area contributed by atoms with Crippen LogP contribution in [0, 0.1) is 5.92 Å². The molecule has 3 heterocycles. The minimum atomic E-state index is 0.123. The van der Waals surface area contributed by atoms with Gasteiger partial charge in [0.2, 0.25) is 0 Å². The maximum Gasteiger partial charge on any atom is 0.253 e. The van der Waals surface area contributed by atoms with Crippen molar-refractivity contribution in [3.8, 4) is 0 Å². The second-order valence-electron chi connectivity index (χ2n) is 8.32. The monoisotopic (exact) mass is 353 g/mol. The van der Waals surface area contributed by atoms with Gasteiger partial charge in [0.05, 0.1) is 24.0 Å². The first-order valence-corrected chi connectivity index (χ1v) is 10.1. The molecule has 3 fully saturated rings. The van der Waals surface area contributed by atoms with Gasteiger partial charge in [-0.2, -0.15) is 0 Å². The van der Waals surface area contributed by atoms with E-state index >= 15 is 0 Å². The zero-order valence-corrected chi connectivity index (χ0v) is 15.3. The average Bonchev–Trinajstić information content (AvgIpc) is 3.57. The van der Waals surface area contributed by atoms with E-state index in [1.165, 1.54) is 31.4 Å². The Morgan fingerprint density at radius 2 is 1.85 bits per heavy atom. The summed E-state index contributed by atoms with van der Waals surface area (Å²) in [6.45, 7) is 4.01. The maximum atomic E-state index is 12.3. The Kier molecular flexibility index (Phi) is 4.15. The first-order valence-electron chi connectivity index (χ1n) is 10.1. The number of hydrogen-bond donors (Lipinski definition) is 0. The van der Waals surface area contributed by atoms with Gasteiger partial charge < -0.3 is 4.57 Å². The molecule has 138 valence electrons. The van der Waals surface area contributed by atoms with Crippen molar-refractivity contribution in [3.63, 3.8) is 0 Å². The molecule has 1 saturated heterocycles. The van der Waals surface area contributed by atoms with Crippen molar-refractivity contribution in [2.24, 2.45) is 5.92 Å². The van der Waals surface area contributed by atoms with Crippen molar-refractivity contribution >= 4 is 0 Å². The molecule has 2 aliphatic carbocycles. The summed E-state index contributed by atoms with van der Waals surface area (Å²) >= 11 is 0. The first kappa shape index (κ1) is 16.2. The number of piperidine rings is 1. The minimum absolute atomic E-state index is 0.123. The highest BCUT2D eigenvalue weighted by Crippen LogP contribution is 2.38. The van der Waals surface area contributed by atoms with Crippen molar-refractivity contribution in [1.29, 1.82) is 0 Å². The molecule has 3 aliphatic rings. The maximum absolute atomic E-state index is 12.3. The minimum Gasteiger partial charge on any atom is -0.330 e. The van der Waals surface area contributed by atoms with Gasteiger partial charge >= 0.3 is 0 Å². The molecule has 5 rings (SSSR count). The highest BCUT2D eigenvalue weighted by atomic mass is 16.1. The van der Waals surface area contributed by atoms with Crippen LogP contribution in [0.25, 0.3) is 0 Å². The number of nitrogens with zero attached hydrogens (tertiary/aromatic N) is 5.